The first-order chi connectivity index (χ1) is 10.9. The van der Waals surface area contributed by atoms with Gasteiger partial charge in [-0.25, -0.2) is 8.42 Å². The zero-order valence-electron chi connectivity index (χ0n) is 13.4. The maximum Gasteiger partial charge on any atom is 0.244 e. The Bertz CT molecular complexity index is 631. The van der Waals surface area contributed by atoms with Crippen LogP contribution in [0.3, 0.4) is 0 Å². The molecule has 0 aromatic carbocycles. The van der Waals surface area contributed by atoms with E-state index >= 15 is 0 Å². The van der Waals surface area contributed by atoms with Crippen molar-refractivity contribution in [2.24, 2.45) is 0 Å². The molecule has 0 spiro atoms. The van der Waals surface area contributed by atoms with Crippen molar-refractivity contribution in [1.82, 2.24) is 19.1 Å². The van der Waals surface area contributed by atoms with Crippen LogP contribution in [0, 0.1) is 0 Å². The molecule has 3 heterocycles. The summed E-state index contributed by atoms with van der Waals surface area (Å²) in [7, 11) is -1.49. The standard InChI is InChI=1S/C15H24N4O3S/c1-17-7-9-18(10-8-17)12-15(20)4-6-19(13-15)23(21,22)14-3-2-5-16-11-14/h2-3,5,11,20H,4,6-10,12-13H2,1H3/t15-/m0/s1. The van der Waals surface area contributed by atoms with Crippen LogP contribution in [0.1, 0.15) is 6.42 Å². The Kier molecular flexibility index (Phi) is 4.70. The number of nitrogens with zero attached hydrogens (tertiary/aromatic N) is 4. The highest BCUT2D eigenvalue weighted by Gasteiger charge is 2.42. The molecule has 1 aromatic heterocycles. The van der Waals surface area contributed by atoms with Crippen LogP contribution in [0.15, 0.2) is 29.4 Å². The molecule has 1 N–H and O–H groups in total. The predicted molar refractivity (Wildman–Crippen MR) is 86.5 cm³/mol. The lowest BCUT2D eigenvalue weighted by Crippen LogP contribution is -2.52. The minimum atomic E-state index is -3.58. The largest absolute Gasteiger partial charge is 0.387 e. The van der Waals surface area contributed by atoms with Gasteiger partial charge in [0.15, 0.2) is 0 Å². The number of likely N-dealkylation sites (N-methyl/N-ethyl adjacent to an activating group) is 1. The SMILES string of the molecule is CN1CCN(C[C@@]2(O)CCN(S(=O)(=O)c3cccnc3)C2)CC1. The van der Waals surface area contributed by atoms with Crippen molar-refractivity contribution in [1.29, 1.82) is 0 Å². The van der Waals surface area contributed by atoms with E-state index in [1.54, 1.807) is 18.3 Å². The van der Waals surface area contributed by atoms with Crippen molar-refractivity contribution < 1.29 is 13.5 Å². The molecule has 0 saturated carbocycles. The van der Waals surface area contributed by atoms with Gasteiger partial charge < -0.3 is 10.0 Å². The van der Waals surface area contributed by atoms with Crippen LogP contribution < -0.4 is 0 Å². The fourth-order valence-corrected chi connectivity index (χ4v) is 4.71. The van der Waals surface area contributed by atoms with Crippen LogP contribution in [-0.2, 0) is 10.0 Å². The van der Waals surface area contributed by atoms with Gasteiger partial charge in [-0.2, -0.15) is 4.31 Å². The molecule has 8 heteroatoms. The van der Waals surface area contributed by atoms with E-state index in [9.17, 15) is 13.5 Å². The van der Waals surface area contributed by atoms with Crippen LogP contribution in [0.25, 0.3) is 0 Å². The molecule has 2 saturated heterocycles. The third-order valence-corrected chi connectivity index (χ3v) is 6.51. The smallest absolute Gasteiger partial charge is 0.244 e. The van der Waals surface area contributed by atoms with Crippen LogP contribution in [0.4, 0.5) is 0 Å². The average Bonchev–Trinajstić information content (AvgIpc) is 2.93. The van der Waals surface area contributed by atoms with Gasteiger partial charge in [-0.3, -0.25) is 9.88 Å². The Morgan fingerprint density at radius 1 is 1.26 bits per heavy atom. The van der Waals surface area contributed by atoms with Crippen LogP contribution in [0.2, 0.25) is 0 Å². The highest BCUT2D eigenvalue weighted by molar-refractivity contribution is 7.89. The van der Waals surface area contributed by atoms with Crippen molar-refractivity contribution in [3.63, 3.8) is 0 Å². The Balaban J connectivity index is 1.65. The number of piperazine rings is 1. The summed E-state index contributed by atoms with van der Waals surface area (Å²) >= 11 is 0. The third-order valence-electron chi connectivity index (χ3n) is 4.68. The van der Waals surface area contributed by atoms with E-state index in [1.807, 2.05) is 0 Å². The summed E-state index contributed by atoms with van der Waals surface area (Å²) in [5, 5.41) is 10.8. The first kappa shape index (κ1) is 16.8. The van der Waals surface area contributed by atoms with Gasteiger partial charge >= 0.3 is 0 Å². The monoisotopic (exact) mass is 340 g/mol. The minimum absolute atomic E-state index is 0.149. The van der Waals surface area contributed by atoms with E-state index in [2.05, 4.69) is 21.8 Å². The Labute approximate surface area is 137 Å². The van der Waals surface area contributed by atoms with Gasteiger partial charge in [0.2, 0.25) is 10.0 Å². The first-order valence-electron chi connectivity index (χ1n) is 7.93. The molecule has 2 aliphatic rings. The summed E-state index contributed by atoms with van der Waals surface area (Å²) in [5.41, 5.74) is -0.967. The quantitative estimate of drug-likeness (QED) is 0.793. The van der Waals surface area contributed by atoms with Crippen LogP contribution >= 0.6 is 0 Å². The fraction of sp³-hybridized carbons (Fsp3) is 0.667. The van der Waals surface area contributed by atoms with Crippen molar-refractivity contribution in [3.8, 4) is 0 Å². The van der Waals surface area contributed by atoms with Gasteiger partial charge in [-0.15, -0.1) is 0 Å². The molecule has 0 unspecified atom stereocenters. The molecule has 128 valence electrons. The Hall–Kier alpha value is -1.06. The third kappa shape index (κ3) is 3.72. The van der Waals surface area contributed by atoms with E-state index in [4.69, 9.17) is 0 Å². The van der Waals surface area contributed by atoms with Gasteiger partial charge in [0.05, 0.1) is 5.60 Å². The van der Waals surface area contributed by atoms with Crippen LogP contribution in [-0.4, -0.2) is 91.1 Å². The maximum atomic E-state index is 12.6. The van der Waals surface area contributed by atoms with Crippen molar-refractivity contribution in [2.75, 3.05) is 52.9 Å². The molecule has 1 aromatic rings. The van der Waals surface area contributed by atoms with Gasteiger partial charge in [0.1, 0.15) is 4.90 Å². The minimum Gasteiger partial charge on any atom is -0.387 e. The van der Waals surface area contributed by atoms with Crippen molar-refractivity contribution in [3.05, 3.63) is 24.5 Å². The summed E-state index contributed by atoms with van der Waals surface area (Å²) in [6.07, 6.45) is 3.37. The highest BCUT2D eigenvalue weighted by Crippen LogP contribution is 2.28. The van der Waals surface area contributed by atoms with E-state index in [1.165, 1.54) is 10.5 Å². The van der Waals surface area contributed by atoms with Gasteiger partial charge in [0, 0.05) is 58.2 Å². The Morgan fingerprint density at radius 3 is 2.65 bits per heavy atom. The molecule has 3 rings (SSSR count). The second-order valence-corrected chi connectivity index (χ2v) is 8.52. The van der Waals surface area contributed by atoms with Crippen LogP contribution in [0.5, 0.6) is 0 Å². The summed E-state index contributed by atoms with van der Waals surface area (Å²) in [6.45, 7) is 4.81. The lowest BCUT2D eigenvalue weighted by molar-refractivity contribution is 0.00424. The number of hydrogen-bond donors (Lipinski definition) is 1. The van der Waals surface area contributed by atoms with E-state index in [-0.39, 0.29) is 11.4 Å². The molecule has 0 amide bonds. The zero-order valence-corrected chi connectivity index (χ0v) is 14.2. The molecule has 23 heavy (non-hydrogen) atoms. The lowest BCUT2D eigenvalue weighted by Gasteiger charge is -2.36. The zero-order chi connectivity index (χ0) is 16.5. The average molecular weight is 340 g/mol. The summed E-state index contributed by atoms with van der Waals surface area (Å²) in [4.78, 5) is 8.54. The summed E-state index contributed by atoms with van der Waals surface area (Å²) in [5.74, 6) is 0. The number of sulfonamides is 1. The van der Waals surface area contributed by atoms with Crippen molar-refractivity contribution in [2.45, 2.75) is 16.9 Å². The molecule has 2 fully saturated rings. The Morgan fingerprint density at radius 2 is 2.00 bits per heavy atom. The molecule has 0 aliphatic carbocycles. The molecular weight excluding hydrogens is 316 g/mol. The van der Waals surface area contributed by atoms with Crippen molar-refractivity contribution >= 4 is 10.0 Å². The molecular formula is C15H24N4O3S. The summed E-state index contributed by atoms with van der Waals surface area (Å²) < 4.78 is 26.6. The fourth-order valence-electron chi connectivity index (χ4n) is 3.22. The molecule has 0 radical (unpaired) electrons. The number of aromatic nitrogens is 1. The van der Waals surface area contributed by atoms with E-state index in [0.717, 1.165) is 26.2 Å². The second-order valence-electron chi connectivity index (χ2n) is 6.58. The molecule has 2 aliphatic heterocycles. The number of β-amino-alcohol motifs (C(OH)–C–C–N with tert-alkyl or cyclic N) is 1. The van der Waals surface area contributed by atoms with E-state index < -0.39 is 15.6 Å². The first-order valence-corrected chi connectivity index (χ1v) is 9.37. The predicted octanol–water partition coefficient (Wildman–Crippen LogP) is -0.545. The van der Waals surface area contributed by atoms with E-state index in [0.29, 0.717) is 19.5 Å². The topological polar surface area (TPSA) is 77.0 Å². The molecule has 0 bridgehead atoms. The van der Waals surface area contributed by atoms with Gasteiger partial charge in [0.25, 0.3) is 0 Å². The number of aliphatic hydroxyl groups is 1. The maximum absolute atomic E-state index is 12.6. The highest BCUT2D eigenvalue weighted by atomic mass is 32.2. The number of pyridine rings is 1. The normalized spacial score (nSPS) is 28.3. The van der Waals surface area contributed by atoms with Gasteiger partial charge in [-0.1, -0.05) is 0 Å². The number of rotatable bonds is 4. The number of hydrogen-bond acceptors (Lipinski definition) is 6. The molecule has 1 atom stereocenters. The summed E-state index contributed by atoms with van der Waals surface area (Å²) in [6, 6.07) is 3.15. The molecule has 7 nitrogen and oxygen atoms in total. The lowest BCUT2D eigenvalue weighted by atomic mass is 10.0. The van der Waals surface area contributed by atoms with Gasteiger partial charge in [-0.05, 0) is 25.6 Å². The second kappa shape index (κ2) is 6.45.